The smallest absolute Gasteiger partial charge is 0.120 e. The zero-order valence-corrected chi connectivity index (χ0v) is 12.7. The number of ether oxygens (including phenoxy) is 2. The molecule has 2 nitrogen and oxygen atoms in total. The van der Waals surface area contributed by atoms with Crippen molar-refractivity contribution in [3.8, 4) is 11.5 Å². The van der Waals surface area contributed by atoms with E-state index in [0.29, 0.717) is 10.8 Å². The van der Waals surface area contributed by atoms with E-state index in [1.807, 2.05) is 36.4 Å². The van der Waals surface area contributed by atoms with E-state index in [0.717, 1.165) is 22.4 Å². The number of hydrogen-bond donors (Lipinski definition) is 0. The third-order valence-electron chi connectivity index (χ3n) is 2.98. The Morgan fingerprint density at radius 2 is 1.55 bits per heavy atom. The van der Waals surface area contributed by atoms with Crippen LogP contribution in [0.25, 0.3) is 5.57 Å². The van der Waals surface area contributed by atoms with E-state index in [9.17, 15) is 0 Å². The lowest BCUT2D eigenvalue weighted by Crippen LogP contribution is -1.91. The highest BCUT2D eigenvalue weighted by molar-refractivity contribution is 6.34. The molecule has 0 saturated heterocycles. The van der Waals surface area contributed by atoms with Crippen molar-refractivity contribution < 1.29 is 9.47 Å². The lowest BCUT2D eigenvalue weighted by Gasteiger charge is -2.11. The zero-order valence-electron chi connectivity index (χ0n) is 11.2. The van der Waals surface area contributed by atoms with Crippen LogP contribution in [0.5, 0.6) is 11.5 Å². The van der Waals surface area contributed by atoms with Crippen LogP contribution in [0.1, 0.15) is 11.1 Å². The third kappa shape index (κ3) is 3.09. The molecule has 0 fully saturated rings. The first kappa shape index (κ1) is 14.8. The number of hydrogen-bond acceptors (Lipinski definition) is 2. The molecular weight excluding hydrogens is 295 g/mol. The summed E-state index contributed by atoms with van der Waals surface area (Å²) in [6, 6.07) is 13.1. The van der Waals surface area contributed by atoms with Gasteiger partial charge in [0.2, 0.25) is 0 Å². The summed E-state index contributed by atoms with van der Waals surface area (Å²) in [6.07, 6.45) is 0. The van der Waals surface area contributed by atoms with Crippen LogP contribution < -0.4 is 9.47 Å². The van der Waals surface area contributed by atoms with Crippen molar-refractivity contribution in [2.75, 3.05) is 14.2 Å². The van der Waals surface area contributed by atoms with Crippen LogP contribution >= 0.6 is 23.2 Å². The summed E-state index contributed by atoms with van der Waals surface area (Å²) < 4.78 is 10.3. The summed E-state index contributed by atoms with van der Waals surface area (Å²) >= 11 is 12.3. The fraction of sp³-hybridized carbons (Fsp3) is 0.125. The fourth-order valence-corrected chi connectivity index (χ4v) is 2.40. The van der Waals surface area contributed by atoms with Gasteiger partial charge in [-0.25, -0.2) is 0 Å². The van der Waals surface area contributed by atoms with E-state index in [1.165, 1.54) is 5.54 Å². The maximum absolute atomic E-state index is 6.29. The van der Waals surface area contributed by atoms with Crippen molar-refractivity contribution in [2.45, 2.75) is 0 Å². The van der Waals surface area contributed by atoms with Crippen LogP contribution in [0.2, 0.25) is 5.02 Å². The van der Waals surface area contributed by atoms with Gasteiger partial charge in [0, 0.05) is 16.7 Å². The van der Waals surface area contributed by atoms with E-state index in [4.69, 9.17) is 32.7 Å². The Balaban J connectivity index is 2.42. The summed E-state index contributed by atoms with van der Waals surface area (Å²) in [5.41, 5.74) is 4.19. The molecular formula is C16H14Cl2O2. The Bertz CT molecular complexity index is 619. The van der Waals surface area contributed by atoms with Gasteiger partial charge in [-0.3, -0.25) is 0 Å². The van der Waals surface area contributed by atoms with Crippen LogP contribution in [0.4, 0.5) is 0 Å². The molecule has 0 radical (unpaired) electrons. The third-order valence-corrected chi connectivity index (χ3v) is 3.51. The van der Waals surface area contributed by atoms with Crippen molar-refractivity contribution in [1.82, 2.24) is 0 Å². The largest absolute Gasteiger partial charge is 0.497 e. The summed E-state index contributed by atoms with van der Waals surface area (Å²) in [5, 5.41) is 0.590. The molecule has 0 unspecified atom stereocenters. The van der Waals surface area contributed by atoms with Gasteiger partial charge in [-0.15, -0.1) is 0 Å². The molecule has 0 aliphatic carbocycles. The predicted molar refractivity (Wildman–Crippen MR) is 83.9 cm³/mol. The van der Waals surface area contributed by atoms with E-state index in [2.05, 4.69) is 0 Å². The summed E-state index contributed by atoms with van der Waals surface area (Å²) in [7, 11) is 3.24. The molecule has 104 valence electrons. The molecule has 2 rings (SSSR count). The highest BCUT2D eigenvalue weighted by atomic mass is 35.5. The summed E-state index contributed by atoms with van der Waals surface area (Å²) in [4.78, 5) is 0. The molecule has 0 saturated carbocycles. The molecule has 0 bridgehead atoms. The van der Waals surface area contributed by atoms with Crippen molar-refractivity contribution in [3.05, 3.63) is 64.1 Å². The molecule has 0 heterocycles. The molecule has 0 amide bonds. The van der Waals surface area contributed by atoms with Crippen molar-refractivity contribution in [1.29, 1.82) is 0 Å². The number of methoxy groups -OCH3 is 2. The maximum Gasteiger partial charge on any atom is 0.120 e. The van der Waals surface area contributed by atoms with Crippen LogP contribution in [-0.2, 0) is 0 Å². The Kier molecular flexibility index (Phi) is 4.94. The quantitative estimate of drug-likeness (QED) is 0.792. The Labute approximate surface area is 128 Å². The van der Waals surface area contributed by atoms with E-state index in [-0.39, 0.29) is 0 Å². The average molecular weight is 309 g/mol. The predicted octanol–water partition coefficient (Wildman–Crippen LogP) is 4.99. The SMILES string of the molecule is COc1ccc(C(=CCl)c2ccc(OC)cc2Cl)cc1. The molecule has 2 aromatic rings. The first-order valence-electron chi connectivity index (χ1n) is 5.98. The standard InChI is InChI=1S/C16H14Cl2O2/c1-19-12-5-3-11(4-6-12)15(10-17)14-8-7-13(20-2)9-16(14)18/h3-10H,1-2H3. The first-order chi connectivity index (χ1) is 9.69. The van der Waals surface area contributed by atoms with Gasteiger partial charge in [0.1, 0.15) is 11.5 Å². The highest BCUT2D eigenvalue weighted by Gasteiger charge is 2.10. The molecule has 0 atom stereocenters. The second kappa shape index (κ2) is 6.69. The number of benzene rings is 2. The van der Waals surface area contributed by atoms with Crippen molar-refractivity contribution in [2.24, 2.45) is 0 Å². The summed E-state index contributed by atoms with van der Waals surface area (Å²) in [6.45, 7) is 0. The maximum atomic E-state index is 6.29. The fourth-order valence-electron chi connectivity index (χ4n) is 1.89. The van der Waals surface area contributed by atoms with E-state index >= 15 is 0 Å². The number of rotatable bonds is 4. The lowest BCUT2D eigenvalue weighted by atomic mass is 9.99. The molecule has 0 spiro atoms. The Morgan fingerprint density at radius 1 is 0.950 bits per heavy atom. The van der Waals surface area contributed by atoms with Crippen LogP contribution in [0, 0.1) is 0 Å². The van der Waals surface area contributed by atoms with Crippen LogP contribution in [0.3, 0.4) is 0 Å². The molecule has 0 aliphatic rings. The molecule has 0 aliphatic heterocycles. The minimum absolute atomic E-state index is 0.590. The zero-order chi connectivity index (χ0) is 14.5. The van der Waals surface area contributed by atoms with Gasteiger partial charge in [-0.1, -0.05) is 35.3 Å². The van der Waals surface area contributed by atoms with Gasteiger partial charge in [0.25, 0.3) is 0 Å². The van der Waals surface area contributed by atoms with Gasteiger partial charge >= 0.3 is 0 Å². The average Bonchev–Trinajstić information content (AvgIpc) is 2.50. The molecule has 20 heavy (non-hydrogen) atoms. The van der Waals surface area contributed by atoms with E-state index in [1.54, 1.807) is 20.3 Å². The second-order valence-electron chi connectivity index (χ2n) is 4.10. The monoisotopic (exact) mass is 308 g/mol. The molecule has 2 aromatic carbocycles. The van der Waals surface area contributed by atoms with Gasteiger partial charge in [0.15, 0.2) is 0 Å². The lowest BCUT2D eigenvalue weighted by molar-refractivity contribution is 0.415. The molecule has 0 aromatic heterocycles. The van der Waals surface area contributed by atoms with Crippen molar-refractivity contribution in [3.63, 3.8) is 0 Å². The van der Waals surface area contributed by atoms with Gasteiger partial charge < -0.3 is 9.47 Å². The minimum Gasteiger partial charge on any atom is -0.497 e. The molecule has 4 heteroatoms. The van der Waals surface area contributed by atoms with Crippen LogP contribution in [0.15, 0.2) is 48.0 Å². The van der Waals surface area contributed by atoms with Gasteiger partial charge in [-0.2, -0.15) is 0 Å². The van der Waals surface area contributed by atoms with Crippen LogP contribution in [-0.4, -0.2) is 14.2 Å². The molecule has 0 N–H and O–H groups in total. The first-order valence-corrected chi connectivity index (χ1v) is 6.79. The van der Waals surface area contributed by atoms with Crippen molar-refractivity contribution >= 4 is 28.8 Å². The van der Waals surface area contributed by atoms with Gasteiger partial charge in [0.05, 0.1) is 19.2 Å². The van der Waals surface area contributed by atoms with E-state index < -0.39 is 0 Å². The normalized spacial score (nSPS) is 11.3. The second-order valence-corrected chi connectivity index (χ2v) is 4.72. The van der Waals surface area contributed by atoms with Gasteiger partial charge in [-0.05, 0) is 35.9 Å². The topological polar surface area (TPSA) is 18.5 Å². The minimum atomic E-state index is 0.590. The summed E-state index contributed by atoms with van der Waals surface area (Å²) in [5.74, 6) is 1.51. The Hall–Kier alpha value is -1.64. The Morgan fingerprint density at radius 3 is 2.05 bits per heavy atom. The number of halogens is 2. The highest BCUT2D eigenvalue weighted by Crippen LogP contribution is 2.33.